The maximum Gasteiger partial charge on any atom is 0.330 e. The molecule has 1 aromatic heterocycles. The first kappa shape index (κ1) is 27.0. The van der Waals surface area contributed by atoms with Crippen molar-refractivity contribution in [2.75, 3.05) is 25.1 Å². The highest BCUT2D eigenvalue weighted by atomic mass is 19.3. The zero-order valence-electron chi connectivity index (χ0n) is 19.8. The zero-order chi connectivity index (χ0) is 26.1. The monoisotopic (exact) mass is 509 g/mol. The van der Waals surface area contributed by atoms with Gasteiger partial charge in [0.2, 0.25) is 0 Å². The van der Waals surface area contributed by atoms with E-state index in [-0.39, 0.29) is 12.2 Å². The van der Waals surface area contributed by atoms with Gasteiger partial charge in [-0.25, -0.2) is 8.78 Å². The molecule has 0 bridgehead atoms. The summed E-state index contributed by atoms with van der Waals surface area (Å²) in [6.07, 6.45) is -0.652. The molecule has 0 radical (unpaired) electrons. The van der Waals surface area contributed by atoms with E-state index in [4.69, 9.17) is 14.2 Å². The van der Waals surface area contributed by atoms with Crippen LogP contribution >= 0.6 is 0 Å². The van der Waals surface area contributed by atoms with Crippen molar-refractivity contribution in [1.82, 2.24) is 9.78 Å². The van der Waals surface area contributed by atoms with Gasteiger partial charge in [-0.3, -0.25) is 9.48 Å². The van der Waals surface area contributed by atoms with Gasteiger partial charge < -0.3 is 19.5 Å². The second-order valence-electron chi connectivity index (χ2n) is 7.78. The molecule has 0 aliphatic heterocycles. The molecule has 0 saturated heterocycles. The molecule has 36 heavy (non-hydrogen) atoms. The average molecular weight is 510 g/mol. The van der Waals surface area contributed by atoms with E-state index in [1.54, 1.807) is 23.0 Å². The van der Waals surface area contributed by atoms with Crippen LogP contribution in [0, 0.1) is 0 Å². The number of rotatable bonds is 13. The van der Waals surface area contributed by atoms with Crippen LogP contribution < -0.4 is 14.8 Å². The molecule has 0 unspecified atom stereocenters. The van der Waals surface area contributed by atoms with Crippen LogP contribution in [0.1, 0.15) is 35.3 Å². The van der Waals surface area contributed by atoms with Gasteiger partial charge in [0.1, 0.15) is 6.61 Å². The van der Waals surface area contributed by atoms with E-state index in [1.807, 2.05) is 32.0 Å². The Morgan fingerprint density at radius 2 is 1.81 bits per heavy atom. The predicted molar refractivity (Wildman–Crippen MR) is 125 cm³/mol. The Bertz CT molecular complexity index is 1150. The third kappa shape index (κ3) is 7.45. The van der Waals surface area contributed by atoms with Crippen LogP contribution in [0.2, 0.25) is 0 Å². The Morgan fingerprint density at radius 3 is 2.53 bits per heavy atom. The highest BCUT2D eigenvalue weighted by Crippen LogP contribution is 2.29. The molecule has 1 amide bonds. The molecule has 1 heterocycles. The lowest BCUT2D eigenvalue weighted by molar-refractivity contribution is -0.168. The summed E-state index contributed by atoms with van der Waals surface area (Å²) in [6.45, 7) is 3.47. The number of carbonyl (C=O) groups excluding carboxylic acids is 1. The van der Waals surface area contributed by atoms with E-state index < -0.39 is 24.9 Å². The van der Waals surface area contributed by atoms with Crippen molar-refractivity contribution in [1.29, 1.82) is 0 Å². The lowest BCUT2D eigenvalue weighted by atomic mass is 10.1. The van der Waals surface area contributed by atoms with Crippen LogP contribution in [0.15, 0.2) is 54.9 Å². The molecular weight excluding hydrogens is 482 g/mol. The van der Waals surface area contributed by atoms with Crippen molar-refractivity contribution >= 4 is 11.6 Å². The number of nitrogens with zero attached hydrogens (tertiary/aromatic N) is 2. The van der Waals surface area contributed by atoms with Crippen molar-refractivity contribution in [3.63, 3.8) is 0 Å². The molecule has 2 aromatic carbocycles. The van der Waals surface area contributed by atoms with E-state index >= 15 is 0 Å². The maximum atomic E-state index is 13.0. The Balaban J connectivity index is 1.59. The third-order valence-corrected chi connectivity index (χ3v) is 4.92. The Hall–Kier alpha value is -3.60. The molecule has 194 valence electrons. The fourth-order valence-electron chi connectivity index (χ4n) is 3.27. The summed E-state index contributed by atoms with van der Waals surface area (Å²) in [5.41, 5.74) is 2.02. The minimum Gasteiger partial charge on any atom is -0.490 e. The first-order valence-electron chi connectivity index (χ1n) is 11.3. The zero-order valence-corrected chi connectivity index (χ0v) is 19.8. The molecule has 11 heteroatoms. The van der Waals surface area contributed by atoms with Crippen LogP contribution in [0.4, 0.5) is 23.2 Å². The van der Waals surface area contributed by atoms with E-state index in [0.29, 0.717) is 42.5 Å². The van der Waals surface area contributed by atoms with Gasteiger partial charge in [-0.05, 0) is 49.2 Å². The number of halogens is 4. The largest absolute Gasteiger partial charge is 0.490 e. The van der Waals surface area contributed by atoms with E-state index in [0.717, 1.165) is 5.56 Å². The van der Waals surface area contributed by atoms with Gasteiger partial charge in [-0.2, -0.15) is 13.9 Å². The van der Waals surface area contributed by atoms with E-state index in [1.165, 1.54) is 18.3 Å². The van der Waals surface area contributed by atoms with Gasteiger partial charge >= 0.3 is 12.3 Å². The molecule has 0 spiro atoms. The minimum atomic E-state index is -4.23. The molecule has 0 aliphatic rings. The van der Waals surface area contributed by atoms with E-state index in [9.17, 15) is 22.4 Å². The number of aromatic nitrogens is 2. The van der Waals surface area contributed by atoms with Gasteiger partial charge in [0.25, 0.3) is 5.91 Å². The molecule has 1 N–H and O–H groups in total. The number of hydrogen-bond acceptors (Lipinski definition) is 5. The quantitative estimate of drug-likeness (QED) is 0.313. The van der Waals surface area contributed by atoms with Crippen LogP contribution in [-0.4, -0.2) is 47.9 Å². The van der Waals surface area contributed by atoms with Crippen molar-refractivity contribution < 1.29 is 36.6 Å². The Labute approximate surface area is 206 Å². The highest BCUT2D eigenvalue weighted by Gasteiger charge is 2.40. The minimum absolute atomic E-state index is 0.248. The van der Waals surface area contributed by atoms with Crippen molar-refractivity contribution in [2.45, 2.75) is 39.3 Å². The molecule has 0 aliphatic carbocycles. The topological polar surface area (TPSA) is 74.6 Å². The predicted octanol–water partition coefficient (Wildman–Crippen LogP) is 5.40. The molecule has 0 fully saturated rings. The van der Waals surface area contributed by atoms with Gasteiger partial charge in [0.15, 0.2) is 11.5 Å². The van der Waals surface area contributed by atoms with Gasteiger partial charge in [-0.15, -0.1) is 0 Å². The number of benzene rings is 2. The number of amides is 1. The molecule has 3 rings (SSSR count). The smallest absolute Gasteiger partial charge is 0.330 e. The van der Waals surface area contributed by atoms with Crippen molar-refractivity contribution in [3.05, 3.63) is 71.5 Å². The second kappa shape index (κ2) is 12.4. The number of anilines is 1. The molecular formula is C25H27F4N3O4. The Kier molecular flexibility index (Phi) is 9.29. The number of alkyl halides is 4. The normalized spacial score (nSPS) is 11.5. The van der Waals surface area contributed by atoms with Crippen LogP contribution in [-0.2, 0) is 17.9 Å². The average Bonchev–Trinajstić information content (AvgIpc) is 3.27. The summed E-state index contributed by atoms with van der Waals surface area (Å²) in [6, 6.07) is 11.7. The van der Waals surface area contributed by atoms with Gasteiger partial charge in [0.05, 0.1) is 38.2 Å². The molecule has 0 saturated carbocycles. The lowest BCUT2D eigenvalue weighted by Crippen LogP contribution is -2.32. The summed E-state index contributed by atoms with van der Waals surface area (Å²) in [4.78, 5) is 12.6. The summed E-state index contributed by atoms with van der Waals surface area (Å²) >= 11 is 0. The van der Waals surface area contributed by atoms with Crippen molar-refractivity contribution in [3.8, 4) is 11.5 Å². The van der Waals surface area contributed by atoms with Crippen LogP contribution in [0.25, 0.3) is 0 Å². The third-order valence-electron chi connectivity index (χ3n) is 4.92. The summed E-state index contributed by atoms with van der Waals surface area (Å²) in [5, 5.41) is 6.98. The summed E-state index contributed by atoms with van der Waals surface area (Å²) < 4.78 is 68.0. The van der Waals surface area contributed by atoms with E-state index in [2.05, 4.69) is 10.4 Å². The highest BCUT2D eigenvalue weighted by molar-refractivity contribution is 6.04. The maximum absolute atomic E-state index is 13.0. The van der Waals surface area contributed by atoms with Gasteiger partial charge in [-0.1, -0.05) is 18.2 Å². The SMILES string of the molecule is CCOc1ccc(Cn2cc(NC(=O)c3cccc(COCC(F)(F)C(F)F)c3)cn2)cc1OCC. The molecule has 7 nitrogen and oxygen atoms in total. The standard InChI is InChI=1S/C25H27F4N3O4/c1-3-35-21-9-8-17(11-22(21)36-4-2)13-32-14-20(12-30-32)31-23(33)19-7-5-6-18(10-19)15-34-16-25(28,29)24(26)27/h5-12,14,24H,3-4,13,15-16H2,1-2H3,(H,31,33). The molecule has 0 atom stereocenters. The summed E-state index contributed by atoms with van der Waals surface area (Å²) in [5.74, 6) is -3.38. The van der Waals surface area contributed by atoms with Gasteiger partial charge in [0, 0.05) is 11.8 Å². The van der Waals surface area contributed by atoms with Crippen LogP contribution in [0.5, 0.6) is 11.5 Å². The first-order valence-corrected chi connectivity index (χ1v) is 11.3. The molecule has 3 aromatic rings. The number of ether oxygens (including phenoxy) is 3. The van der Waals surface area contributed by atoms with Crippen LogP contribution in [0.3, 0.4) is 0 Å². The number of carbonyl (C=O) groups is 1. The number of hydrogen-bond donors (Lipinski definition) is 1. The number of nitrogens with one attached hydrogen (secondary N) is 1. The van der Waals surface area contributed by atoms with Crippen molar-refractivity contribution in [2.24, 2.45) is 0 Å². The fraction of sp³-hybridized carbons (Fsp3) is 0.360. The Morgan fingerprint density at radius 1 is 1.06 bits per heavy atom. The fourth-order valence-corrected chi connectivity index (χ4v) is 3.27. The lowest BCUT2D eigenvalue weighted by Gasteiger charge is -2.15. The summed E-state index contributed by atoms with van der Waals surface area (Å²) in [7, 11) is 0. The first-order chi connectivity index (χ1) is 17.2. The second-order valence-corrected chi connectivity index (χ2v) is 7.78.